The van der Waals surface area contributed by atoms with Crippen LogP contribution in [0.2, 0.25) is 0 Å². The van der Waals surface area contributed by atoms with Crippen molar-refractivity contribution in [3.8, 4) is 0 Å². The van der Waals surface area contributed by atoms with Crippen molar-refractivity contribution in [1.82, 2.24) is 15.2 Å². The number of aryl methyl sites for hydroxylation is 1. The zero-order chi connectivity index (χ0) is 19.3. The zero-order valence-electron chi connectivity index (χ0n) is 16.2. The van der Waals surface area contributed by atoms with Gasteiger partial charge in [0.05, 0.1) is 5.71 Å². The number of hydrogen-bond acceptors (Lipinski definition) is 5. The Balaban J connectivity index is 2.39. The molecule has 142 valence electrons. The van der Waals surface area contributed by atoms with Crippen LogP contribution in [0.1, 0.15) is 42.6 Å². The smallest absolute Gasteiger partial charge is 0.263 e. The van der Waals surface area contributed by atoms with E-state index in [-0.39, 0.29) is 23.1 Å². The molecule has 1 aromatic heterocycles. The highest BCUT2D eigenvalue weighted by Gasteiger charge is 2.21. The number of amides is 1. The molecule has 0 radical (unpaired) electrons. The summed E-state index contributed by atoms with van der Waals surface area (Å²) in [7, 11) is 5.20. The Morgan fingerprint density at radius 1 is 1.31 bits per heavy atom. The monoisotopic (exact) mass is 360 g/mol. The van der Waals surface area contributed by atoms with Gasteiger partial charge in [-0.3, -0.25) is 14.6 Å². The van der Waals surface area contributed by atoms with E-state index in [4.69, 9.17) is 4.74 Å². The summed E-state index contributed by atoms with van der Waals surface area (Å²) in [5, 5.41) is 6.06. The van der Waals surface area contributed by atoms with Gasteiger partial charge in [-0.05, 0) is 38.3 Å². The van der Waals surface area contributed by atoms with Gasteiger partial charge in [-0.1, -0.05) is 0 Å². The number of allylic oxidation sites excluding steroid dienone is 2. The molecule has 7 nitrogen and oxygen atoms in total. The molecule has 0 unspecified atom stereocenters. The van der Waals surface area contributed by atoms with E-state index >= 15 is 0 Å². The van der Waals surface area contributed by atoms with Gasteiger partial charge in [0.1, 0.15) is 5.56 Å². The van der Waals surface area contributed by atoms with E-state index in [1.165, 1.54) is 4.57 Å². The maximum absolute atomic E-state index is 12.7. The molecule has 1 fully saturated rings. The second-order valence-corrected chi connectivity index (χ2v) is 6.49. The number of nitrogens with zero attached hydrogens (tertiary/aromatic N) is 2. The lowest BCUT2D eigenvalue weighted by Crippen LogP contribution is -2.41. The summed E-state index contributed by atoms with van der Waals surface area (Å²) in [6.07, 6.45) is 3.23. The summed E-state index contributed by atoms with van der Waals surface area (Å²) in [5.41, 5.74) is 3.23. The predicted octanol–water partition coefficient (Wildman–Crippen LogP) is 1.23. The largest absolute Gasteiger partial charge is 0.391 e. The number of ether oxygens (including phenoxy) is 1. The van der Waals surface area contributed by atoms with Gasteiger partial charge < -0.3 is 19.9 Å². The van der Waals surface area contributed by atoms with Gasteiger partial charge in [0, 0.05) is 57.9 Å². The van der Waals surface area contributed by atoms with Gasteiger partial charge in [0.15, 0.2) is 0 Å². The Kier molecular flexibility index (Phi) is 6.74. The fourth-order valence-electron chi connectivity index (χ4n) is 2.99. The minimum Gasteiger partial charge on any atom is -0.391 e. The van der Waals surface area contributed by atoms with Crippen molar-refractivity contribution in [2.45, 2.75) is 32.7 Å². The van der Waals surface area contributed by atoms with Crippen LogP contribution >= 0.6 is 0 Å². The van der Waals surface area contributed by atoms with E-state index in [2.05, 4.69) is 15.6 Å². The van der Waals surface area contributed by atoms with Crippen molar-refractivity contribution >= 4 is 11.6 Å². The van der Waals surface area contributed by atoms with Crippen LogP contribution in [-0.2, 0) is 11.8 Å². The molecule has 2 heterocycles. The Hall–Kier alpha value is -2.41. The third kappa shape index (κ3) is 4.40. The number of carbonyl (C=O) groups excluding carboxylic acids is 1. The molecule has 7 heteroatoms. The Labute approximate surface area is 154 Å². The Morgan fingerprint density at radius 3 is 2.54 bits per heavy atom. The van der Waals surface area contributed by atoms with Crippen LogP contribution in [-0.4, -0.2) is 49.5 Å². The molecule has 1 saturated heterocycles. The van der Waals surface area contributed by atoms with E-state index in [1.54, 1.807) is 26.4 Å². The molecule has 0 aromatic carbocycles. The average Bonchev–Trinajstić information content (AvgIpc) is 2.64. The molecular formula is C19H28N4O3. The standard InChI is InChI=1S/C19H28N4O3/c1-12(13(2)20-3)17(21-4)14-10-16(19(25)23(5)11-14)18(24)22-15-6-8-26-9-7-15/h10-11,15,20H,6-9H2,1-5H3,(H,22,24)/b13-12+,21-17+. The molecule has 1 aromatic rings. The molecule has 0 spiro atoms. The van der Waals surface area contributed by atoms with Crippen LogP contribution in [0.15, 0.2) is 33.3 Å². The van der Waals surface area contributed by atoms with Crippen molar-refractivity contribution in [3.05, 3.63) is 45.0 Å². The molecule has 0 bridgehead atoms. The number of aromatic nitrogens is 1. The van der Waals surface area contributed by atoms with E-state index < -0.39 is 0 Å². The Morgan fingerprint density at radius 2 is 1.96 bits per heavy atom. The highest BCUT2D eigenvalue weighted by Crippen LogP contribution is 2.13. The first-order valence-corrected chi connectivity index (χ1v) is 8.81. The van der Waals surface area contributed by atoms with Crippen LogP contribution in [0.5, 0.6) is 0 Å². The average molecular weight is 360 g/mol. The van der Waals surface area contributed by atoms with Crippen LogP contribution in [0, 0.1) is 0 Å². The molecule has 0 atom stereocenters. The summed E-state index contributed by atoms with van der Waals surface area (Å²) in [6, 6.07) is 1.67. The van der Waals surface area contributed by atoms with E-state index in [1.807, 2.05) is 20.9 Å². The maximum atomic E-state index is 12.7. The van der Waals surface area contributed by atoms with Crippen LogP contribution in [0.4, 0.5) is 0 Å². The minimum atomic E-state index is -0.346. The summed E-state index contributed by atoms with van der Waals surface area (Å²) in [5.74, 6) is -0.346. The van der Waals surface area contributed by atoms with Crippen molar-refractivity contribution < 1.29 is 9.53 Å². The number of pyridine rings is 1. The quantitative estimate of drug-likeness (QED) is 0.774. The third-order valence-electron chi connectivity index (χ3n) is 4.77. The van der Waals surface area contributed by atoms with Crippen molar-refractivity contribution in [1.29, 1.82) is 0 Å². The summed E-state index contributed by atoms with van der Waals surface area (Å²) >= 11 is 0. The lowest BCUT2D eigenvalue weighted by Gasteiger charge is -2.23. The molecule has 2 rings (SSSR count). The van der Waals surface area contributed by atoms with Crippen molar-refractivity contribution in [2.75, 3.05) is 27.3 Å². The van der Waals surface area contributed by atoms with E-state index in [9.17, 15) is 9.59 Å². The molecule has 2 N–H and O–H groups in total. The zero-order valence-corrected chi connectivity index (χ0v) is 16.2. The third-order valence-corrected chi connectivity index (χ3v) is 4.77. The van der Waals surface area contributed by atoms with Crippen LogP contribution in [0.25, 0.3) is 0 Å². The molecule has 0 saturated carbocycles. The van der Waals surface area contributed by atoms with E-state index in [0.29, 0.717) is 13.2 Å². The fraction of sp³-hybridized carbons (Fsp3) is 0.526. The van der Waals surface area contributed by atoms with Gasteiger partial charge in [-0.2, -0.15) is 0 Å². The highest BCUT2D eigenvalue weighted by molar-refractivity contribution is 6.13. The first-order chi connectivity index (χ1) is 12.4. The molecule has 0 aliphatic carbocycles. The van der Waals surface area contributed by atoms with Gasteiger partial charge in [0.2, 0.25) is 0 Å². The number of nitrogens with one attached hydrogen (secondary N) is 2. The normalized spacial score (nSPS) is 16.9. The van der Waals surface area contributed by atoms with Gasteiger partial charge in [-0.25, -0.2) is 0 Å². The van der Waals surface area contributed by atoms with E-state index in [0.717, 1.165) is 35.4 Å². The van der Waals surface area contributed by atoms with Crippen LogP contribution < -0.4 is 16.2 Å². The van der Waals surface area contributed by atoms with Crippen molar-refractivity contribution in [2.24, 2.45) is 12.0 Å². The first kappa shape index (κ1) is 19.9. The van der Waals surface area contributed by atoms with Crippen molar-refractivity contribution in [3.63, 3.8) is 0 Å². The number of hydrogen-bond donors (Lipinski definition) is 2. The summed E-state index contributed by atoms with van der Waals surface area (Å²) in [4.78, 5) is 29.5. The molecule has 1 aliphatic heterocycles. The summed E-state index contributed by atoms with van der Waals surface area (Å²) in [6.45, 7) is 5.17. The first-order valence-electron chi connectivity index (χ1n) is 8.81. The molecule has 1 amide bonds. The lowest BCUT2D eigenvalue weighted by atomic mass is 10.0. The molecular weight excluding hydrogens is 332 g/mol. The minimum absolute atomic E-state index is 0.0390. The number of aliphatic imine (C=N–C) groups is 1. The Bertz CT molecular complexity index is 786. The second-order valence-electron chi connectivity index (χ2n) is 6.49. The maximum Gasteiger partial charge on any atom is 0.263 e. The summed E-state index contributed by atoms with van der Waals surface area (Å²) < 4.78 is 6.74. The van der Waals surface area contributed by atoms with Gasteiger partial charge in [0.25, 0.3) is 11.5 Å². The van der Waals surface area contributed by atoms with Gasteiger partial charge >= 0.3 is 0 Å². The molecule has 1 aliphatic rings. The SMILES string of the molecule is C/N=C(\C(C)=C(/C)NC)c1cc(C(=O)NC2CCOCC2)c(=O)n(C)c1. The second kappa shape index (κ2) is 8.80. The predicted molar refractivity (Wildman–Crippen MR) is 103 cm³/mol. The number of rotatable bonds is 5. The fourth-order valence-corrected chi connectivity index (χ4v) is 2.99. The molecule has 26 heavy (non-hydrogen) atoms. The lowest BCUT2D eigenvalue weighted by molar-refractivity contribution is 0.0695. The van der Waals surface area contributed by atoms with Gasteiger partial charge in [-0.15, -0.1) is 0 Å². The van der Waals surface area contributed by atoms with Crippen LogP contribution in [0.3, 0.4) is 0 Å². The number of carbonyl (C=O) groups is 1. The highest BCUT2D eigenvalue weighted by atomic mass is 16.5. The topological polar surface area (TPSA) is 84.7 Å².